The van der Waals surface area contributed by atoms with Gasteiger partial charge in [-0.2, -0.15) is 0 Å². The summed E-state index contributed by atoms with van der Waals surface area (Å²) in [4.78, 5) is 11.8. The van der Waals surface area contributed by atoms with Crippen LogP contribution < -0.4 is 9.61 Å². The second-order valence-corrected chi connectivity index (χ2v) is 5.98. The number of nitrogens with one attached hydrogen (secondary N) is 1. The molecule has 0 bridgehead atoms. The van der Waals surface area contributed by atoms with Crippen LogP contribution in [0.3, 0.4) is 0 Å². The molecule has 5 nitrogen and oxygen atoms in total. The number of benzene rings is 1. The lowest BCUT2D eigenvalue weighted by molar-refractivity contribution is -0.150. The summed E-state index contributed by atoms with van der Waals surface area (Å²) >= 11 is 0. The Balaban J connectivity index is 1.76. The minimum absolute atomic E-state index is 0.0177. The van der Waals surface area contributed by atoms with Gasteiger partial charge in [-0.15, -0.1) is 0 Å². The molecule has 110 valence electrons. The molecule has 0 spiro atoms. The molecule has 1 unspecified atom stereocenters. The third kappa shape index (κ3) is 4.66. The normalized spacial score (nSPS) is 18.4. The number of para-hydroxylation sites is 1. The molecule has 20 heavy (non-hydrogen) atoms. The minimum atomic E-state index is -2.52. The van der Waals surface area contributed by atoms with Crippen molar-refractivity contribution in [2.75, 3.05) is 0 Å². The number of ether oxygens (including phenoxy) is 1. The van der Waals surface area contributed by atoms with E-state index in [0.29, 0.717) is 5.75 Å². The van der Waals surface area contributed by atoms with Gasteiger partial charge in [0.05, 0.1) is 0 Å². The van der Waals surface area contributed by atoms with Crippen LogP contribution in [0.1, 0.15) is 32.6 Å². The van der Waals surface area contributed by atoms with Crippen molar-refractivity contribution >= 4 is 14.1 Å². The standard InChI is InChI=1S/C14H20NO4P/c1-11(14(16)18-12-7-5-6-8-12)15-20(17)19-13-9-3-2-4-10-13/h2-4,9-12,20H,5-8H2,1H3,(H,15,17)/t11-/m0/s1. The molecule has 0 heterocycles. The lowest BCUT2D eigenvalue weighted by atomic mass is 10.3. The highest BCUT2D eigenvalue weighted by atomic mass is 31.1. The smallest absolute Gasteiger partial charge is 0.323 e. The molecule has 1 saturated carbocycles. The van der Waals surface area contributed by atoms with E-state index in [1.807, 2.05) is 6.07 Å². The molecule has 1 aromatic carbocycles. The highest BCUT2D eigenvalue weighted by Crippen LogP contribution is 2.24. The van der Waals surface area contributed by atoms with Gasteiger partial charge < -0.3 is 9.26 Å². The van der Waals surface area contributed by atoms with Crippen LogP contribution in [0.4, 0.5) is 0 Å². The van der Waals surface area contributed by atoms with Crippen LogP contribution in [0.15, 0.2) is 30.3 Å². The minimum Gasteiger partial charge on any atom is -0.461 e. The van der Waals surface area contributed by atoms with Gasteiger partial charge in [0.2, 0.25) is 0 Å². The fourth-order valence-corrected chi connectivity index (χ4v) is 3.01. The van der Waals surface area contributed by atoms with Crippen molar-refractivity contribution < 1.29 is 18.6 Å². The van der Waals surface area contributed by atoms with Crippen molar-refractivity contribution in [3.8, 4) is 5.75 Å². The Hall–Kier alpha value is -1.32. The van der Waals surface area contributed by atoms with Crippen molar-refractivity contribution in [3.63, 3.8) is 0 Å². The van der Waals surface area contributed by atoms with Gasteiger partial charge in [0.25, 0.3) is 0 Å². The van der Waals surface area contributed by atoms with E-state index in [9.17, 15) is 9.36 Å². The van der Waals surface area contributed by atoms with Crippen LogP contribution in [-0.4, -0.2) is 18.1 Å². The van der Waals surface area contributed by atoms with Gasteiger partial charge in [-0.1, -0.05) is 18.2 Å². The zero-order chi connectivity index (χ0) is 14.4. The molecule has 2 rings (SSSR count). The predicted molar refractivity (Wildman–Crippen MR) is 77.0 cm³/mol. The Morgan fingerprint density at radius 3 is 2.60 bits per heavy atom. The second kappa shape index (κ2) is 7.46. The Labute approximate surface area is 119 Å². The molecular formula is C14H20NO4P. The maximum absolute atomic E-state index is 11.8. The first-order valence-electron chi connectivity index (χ1n) is 6.89. The number of hydrogen-bond acceptors (Lipinski definition) is 4. The van der Waals surface area contributed by atoms with E-state index in [1.54, 1.807) is 31.2 Å². The number of hydrogen-bond donors (Lipinski definition) is 1. The lowest BCUT2D eigenvalue weighted by Crippen LogP contribution is -2.33. The SMILES string of the molecule is C[C@H](N[PH](=O)Oc1ccccc1)C(=O)OC1CCCC1. The first-order valence-corrected chi connectivity index (χ1v) is 8.20. The van der Waals surface area contributed by atoms with Gasteiger partial charge in [-0.3, -0.25) is 9.36 Å². The fourth-order valence-electron chi connectivity index (χ4n) is 2.13. The summed E-state index contributed by atoms with van der Waals surface area (Å²) in [5.41, 5.74) is 0. The van der Waals surface area contributed by atoms with Gasteiger partial charge in [0, 0.05) is 0 Å². The van der Waals surface area contributed by atoms with E-state index in [0.717, 1.165) is 25.7 Å². The van der Waals surface area contributed by atoms with E-state index >= 15 is 0 Å². The van der Waals surface area contributed by atoms with Crippen molar-refractivity contribution in [2.45, 2.75) is 44.8 Å². The van der Waals surface area contributed by atoms with Crippen LogP contribution in [0.2, 0.25) is 0 Å². The summed E-state index contributed by atoms with van der Waals surface area (Å²) in [5, 5.41) is 2.65. The van der Waals surface area contributed by atoms with Crippen molar-refractivity contribution in [3.05, 3.63) is 30.3 Å². The van der Waals surface area contributed by atoms with Gasteiger partial charge in [-0.05, 0) is 44.7 Å². The molecule has 0 aliphatic heterocycles. The van der Waals surface area contributed by atoms with E-state index in [4.69, 9.17) is 9.26 Å². The quantitative estimate of drug-likeness (QED) is 0.646. The molecule has 0 amide bonds. The summed E-state index contributed by atoms with van der Waals surface area (Å²) in [7, 11) is -2.52. The number of carbonyl (C=O) groups is 1. The number of esters is 1. The maximum atomic E-state index is 11.8. The molecular weight excluding hydrogens is 277 g/mol. The largest absolute Gasteiger partial charge is 0.461 e. The number of rotatable bonds is 6. The summed E-state index contributed by atoms with van der Waals surface area (Å²) in [5.74, 6) is 0.146. The van der Waals surface area contributed by atoms with Crippen LogP contribution in [0.25, 0.3) is 0 Å². The Morgan fingerprint density at radius 2 is 1.95 bits per heavy atom. The van der Waals surface area contributed by atoms with Gasteiger partial charge >= 0.3 is 14.1 Å². The van der Waals surface area contributed by atoms with Gasteiger partial charge in [0.15, 0.2) is 0 Å². The highest BCUT2D eigenvalue weighted by molar-refractivity contribution is 7.37. The topological polar surface area (TPSA) is 64.6 Å². The predicted octanol–water partition coefficient (Wildman–Crippen LogP) is 2.92. The Bertz CT molecular complexity index is 460. The van der Waals surface area contributed by atoms with E-state index in [2.05, 4.69) is 5.09 Å². The fraction of sp³-hybridized carbons (Fsp3) is 0.500. The van der Waals surface area contributed by atoms with Crippen LogP contribution >= 0.6 is 8.18 Å². The maximum Gasteiger partial charge on any atom is 0.323 e. The van der Waals surface area contributed by atoms with Crippen LogP contribution in [0, 0.1) is 0 Å². The molecule has 0 saturated heterocycles. The van der Waals surface area contributed by atoms with Crippen molar-refractivity contribution in [2.24, 2.45) is 0 Å². The van der Waals surface area contributed by atoms with Crippen LogP contribution in [-0.2, 0) is 14.1 Å². The number of carbonyl (C=O) groups excluding carboxylic acids is 1. The lowest BCUT2D eigenvalue weighted by Gasteiger charge is -2.17. The summed E-state index contributed by atoms with van der Waals surface area (Å²) in [6.07, 6.45) is 4.08. The molecule has 1 fully saturated rings. The monoisotopic (exact) mass is 297 g/mol. The molecule has 1 aromatic rings. The molecule has 0 aromatic heterocycles. The van der Waals surface area contributed by atoms with E-state index in [-0.39, 0.29) is 12.1 Å². The van der Waals surface area contributed by atoms with Crippen LogP contribution in [0.5, 0.6) is 5.75 Å². The molecule has 2 atom stereocenters. The molecule has 1 aliphatic rings. The average Bonchev–Trinajstić information content (AvgIpc) is 2.92. The Morgan fingerprint density at radius 1 is 1.30 bits per heavy atom. The van der Waals surface area contributed by atoms with Gasteiger partial charge in [-0.25, -0.2) is 5.09 Å². The molecule has 1 aliphatic carbocycles. The highest BCUT2D eigenvalue weighted by Gasteiger charge is 2.23. The zero-order valence-corrected chi connectivity index (χ0v) is 12.5. The summed E-state index contributed by atoms with van der Waals surface area (Å²) < 4.78 is 22.4. The van der Waals surface area contributed by atoms with Crippen molar-refractivity contribution in [1.29, 1.82) is 0 Å². The third-order valence-electron chi connectivity index (χ3n) is 3.23. The summed E-state index contributed by atoms with van der Waals surface area (Å²) in [6.45, 7) is 1.63. The Kier molecular flexibility index (Phi) is 5.62. The van der Waals surface area contributed by atoms with Crippen molar-refractivity contribution in [1.82, 2.24) is 5.09 Å². The second-order valence-electron chi connectivity index (χ2n) is 4.91. The average molecular weight is 297 g/mol. The molecule has 0 radical (unpaired) electrons. The van der Waals surface area contributed by atoms with E-state index in [1.165, 1.54) is 0 Å². The van der Waals surface area contributed by atoms with Gasteiger partial charge in [0.1, 0.15) is 17.9 Å². The first-order chi connectivity index (χ1) is 9.65. The molecule has 6 heteroatoms. The third-order valence-corrected chi connectivity index (χ3v) is 4.32. The zero-order valence-electron chi connectivity index (χ0n) is 11.5. The molecule has 1 N–H and O–H groups in total. The summed E-state index contributed by atoms with van der Waals surface area (Å²) in [6, 6.07) is 8.23. The first kappa shape index (κ1) is 15.1. The van der Waals surface area contributed by atoms with E-state index < -0.39 is 14.2 Å².